The molecular formula is C15H16ClN5O2. The van der Waals surface area contributed by atoms with Gasteiger partial charge in [0.25, 0.3) is 5.69 Å². The molecule has 0 bridgehead atoms. The van der Waals surface area contributed by atoms with E-state index in [0.717, 1.165) is 43.5 Å². The molecule has 0 aliphatic carbocycles. The van der Waals surface area contributed by atoms with Crippen LogP contribution in [0.1, 0.15) is 5.82 Å². The molecule has 1 aromatic carbocycles. The Hall–Kier alpha value is -2.41. The molecule has 2 heterocycles. The van der Waals surface area contributed by atoms with Gasteiger partial charge in [-0.1, -0.05) is 11.6 Å². The fraction of sp³-hybridized carbons (Fsp3) is 0.333. The van der Waals surface area contributed by atoms with Gasteiger partial charge < -0.3 is 9.80 Å². The van der Waals surface area contributed by atoms with E-state index >= 15 is 0 Å². The van der Waals surface area contributed by atoms with Crippen molar-refractivity contribution >= 4 is 28.8 Å². The van der Waals surface area contributed by atoms with Crippen molar-refractivity contribution in [3.05, 3.63) is 51.4 Å². The second-order valence-electron chi connectivity index (χ2n) is 5.33. The van der Waals surface area contributed by atoms with Crippen LogP contribution in [0.2, 0.25) is 5.02 Å². The molecular weight excluding hydrogens is 318 g/mol. The smallest absolute Gasteiger partial charge is 0.271 e. The van der Waals surface area contributed by atoms with Gasteiger partial charge in [-0.25, -0.2) is 9.97 Å². The summed E-state index contributed by atoms with van der Waals surface area (Å²) in [6.07, 6.45) is 1.76. The monoisotopic (exact) mass is 333 g/mol. The molecule has 0 saturated carbocycles. The molecule has 3 rings (SSSR count). The van der Waals surface area contributed by atoms with Gasteiger partial charge >= 0.3 is 0 Å². The van der Waals surface area contributed by atoms with Gasteiger partial charge in [0, 0.05) is 44.5 Å². The first-order chi connectivity index (χ1) is 11.0. The molecule has 0 radical (unpaired) electrons. The Kier molecular flexibility index (Phi) is 4.29. The Morgan fingerprint density at radius 1 is 1.17 bits per heavy atom. The van der Waals surface area contributed by atoms with Crippen molar-refractivity contribution in [2.75, 3.05) is 36.0 Å². The highest BCUT2D eigenvalue weighted by Gasteiger charge is 2.21. The molecule has 120 valence electrons. The number of piperazine rings is 1. The Balaban J connectivity index is 1.70. The third-order valence-electron chi connectivity index (χ3n) is 3.85. The van der Waals surface area contributed by atoms with Crippen LogP contribution in [0.3, 0.4) is 0 Å². The fourth-order valence-corrected chi connectivity index (χ4v) is 2.96. The van der Waals surface area contributed by atoms with Crippen molar-refractivity contribution in [2.45, 2.75) is 6.92 Å². The number of halogens is 1. The Bertz CT molecular complexity index is 732. The Morgan fingerprint density at radius 2 is 1.87 bits per heavy atom. The minimum atomic E-state index is -0.439. The number of nitrogens with zero attached hydrogens (tertiary/aromatic N) is 5. The van der Waals surface area contributed by atoms with Crippen molar-refractivity contribution in [2.24, 2.45) is 0 Å². The van der Waals surface area contributed by atoms with E-state index in [9.17, 15) is 10.1 Å². The van der Waals surface area contributed by atoms with Gasteiger partial charge in [-0.05, 0) is 19.1 Å². The summed E-state index contributed by atoms with van der Waals surface area (Å²) >= 11 is 6.20. The lowest BCUT2D eigenvalue weighted by Gasteiger charge is -2.37. The molecule has 0 spiro atoms. The zero-order chi connectivity index (χ0) is 16.4. The number of nitro groups is 1. The van der Waals surface area contributed by atoms with Gasteiger partial charge in [-0.2, -0.15) is 0 Å². The first-order valence-corrected chi connectivity index (χ1v) is 7.66. The molecule has 23 heavy (non-hydrogen) atoms. The molecule has 1 fully saturated rings. The largest absolute Gasteiger partial charge is 0.367 e. The Labute approximate surface area is 138 Å². The van der Waals surface area contributed by atoms with Crippen molar-refractivity contribution in [1.29, 1.82) is 0 Å². The van der Waals surface area contributed by atoms with Crippen LogP contribution >= 0.6 is 11.6 Å². The number of aryl methyl sites for hydroxylation is 1. The van der Waals surface area contributed by atoms with Crippen LogP contribution in [0.15, 0.2) is 30.5 Å². The highest BCUT2D eigenvalue weighted by Crippen LogP contribution is 2.30. The molecule has 1 aliphatic rings. The highest BCUT2D eigenvalue weighted by atomic mass is 35.5. The highest BCUT2D eigenvalue weighted by molar-refractivity contribution is 6.33. The summed E-state index contributed by atoms with van der Waals surface area (Å²) in [5.41, 5.74) is 0.838. The third-order valence-corrected chi connectivity index (χ3v) is 4.15. The molecule has 1 aromatic heterocycles. The van der Waals surface area contributed by atoms with Crippen LogP contribution in [0, 0.1) is 17.0 Å². The van der Waals surface area contributed by atoms with Gasteiger partial charge in [-0.15, -0.1) is 0 Å². The maximum atomic E-state index is 10.8. The second-order valence-corrected chi connectivity index (χ2v) is 5.74. The molecule has 0 atom stereocenters. The van der Waals surface area contributed by atoms with E-state index in [4.69, 9.17) is 11.6 Å². The standard InChI is InChI=1S/C15H16ClN5O2/c1-11-17-5-4-15(18-11)20-8-6-19(7-9-20)14-3-2-12(21(22)23)10-13(14)16/h2-5,10H,6-9H2,1H3. The van der Waals surface area contributed by atoms with E-state index in [-0.39, 0.29) is 5.69 Å². The summed E-state index contributed by atoms with van der Waals surface area (Å²) in [6.45, 7) is 5.05. The lowest BCUT2D eigenvalue weighted by molar-refractivity contribution is -0.384. The maximum absolute atomic E-state index is 10.8. The summed E-state index contributed by atoms with van der Waals surface area (Å²) in [5.74, 6) is 1.68. The van der Waals surface area contributed by atoms with Gasteiger partial charge in [-0.3, -0.25) is 10.1 Å². The Morgan fingerprint density at radius 3 is 2.48 bits per heavy atom. The number of nitro benzene ring substituents is 1. The quantitative estimate of drug-likeness (QED) is 0.635. The van der Waals surface area contributed by atoms with E-state index in [1.165, 1.54) is 12.1 Å². The summed E-state index contributed by atoms with van der Waals surface area (Å²) in [6, 6.07) is 6.50. The molecule has 0 amide bonds. The minimum absolute atomic E-state index is 0.00819. The average Bonchev–Trinajstić information content (AvgIpc) is 2.55. The average molecular weight is 334 g/mol. The second kappa shape index (κ2) is 6.37. The predicted octanol–water partition coefficient (Wildman–Crippen LogP) is 2.67. The first-order valence-electron chi connectivity index (χ1n) is 7.28. The molecule has 1 aliphatic heterocycles. The minimum Gasteiger partial charge on any atom is -0.367 e. The predicted molar refractivity (Wildman–Crippen MR) is 89.3 cm³/mol. The van der Waals surface area contributed by atoms with E-state index in [1.54, 1.807) is 12.3 Å². The van der Waals surface area contributed by atoms with E-state index in [1.807, 2.05) is 13.0 Å². The summed E-state index contributed by atoms with van der Waals surface area (Å²) in [5, 5.41) is 11.2. The topological polar surface area (TPSA) is 75.4 Å². The molecule has 2 aromatic rings. The zero-order valence-electron chi connectivity index (χ0n) is 12.6. The van der Waals surface area contributed by atoms with E-state index < -0.39 is 4.92 Å². The van der Waals surface area contributed by atoms with Gasteiger partial charge in [0.2, 0.25) is 0 Å². The zero-order valence-corrected chi connectivity index (χ0v) is 13.4. The number of non-ortho nitro benzene ring substituents is 1. The van der Waals surface area contributed by atoms with Crippen LogP contribution in [0.25, 0.3) is 0 Å². The van der Waals surface area contributed by atoms with Crippen LogP contribution in [-0.4, -0.2) is 41.1 Å². The number of hydrogen-bond donors (Lipinski definition) is 0. The van der Waals surface area contributed by atoms with Crippen molar-refractivity contribution in [3.8, 4) is 0 Å². The summed E-state index contributed by atoms with van der Waals surface area (Å²) in [4.78, 5) is 23.2. The summed E-state index contributed by atoms with van der Waals surface area (Å²) < 4.78 is 0. The lowest BCUT2D eigenvalue weighted by Crippen LogP contribution is -2.47. The number of benzene rings is 1. The molecule has 0 unspecified atom stereocenters. The van der Waals surface area contributed by atoms with Gasteiger partial charge in [0.05, 0.1) is 15.6 Å². The molecule has 1 saturated heterocycles. The van der Waals surface area contributed by atoms with Crippen molar-refractivity contribution in [1.82, 2.24) is 9.97 Å². The number of rotatable bonds is 3. The van der Waals surface area contributed by atoms with E-state index in [2.05, 4.69) is 19.8 Å². The SMILES string of the molecule is Cc1nccc(N2CCN(c3ccc([N+](=O)[O-])cc3Cl)CC2)n1. The van der Waals surface area contributed by atoms with Crippen molar-refractivity contribution in [3.63, 3.8) is 0 Å². The van der Waals surface area contributed by atoms with Crippen LogP contribution in [-0.2, 0) is 0 Å². The third kappa shape index (κ3) is 3.34. The van der Waals surface area contributed by atoms with Crippen LogP contribution in [0.5, 0.6) is 0 Å². The van der Waals surface area contributed by atoms with Gasteiger partial charge in [0.15, 0.2) is 0 Å². The van der Waals surface area contributed by atoms with Crippen LogP contribution < -0.4 is 9.80 Å². The van der Waals surface area contributed by atoms with Gasteiger partial charge in [0.1, 0.15) is 11.6 Å². The number of anilines is 2. The number of aromatic nitrogens is 2. The van der Waals surface area contributed by atoms with Crippen LogP contribution in [0.4, 0.5) is 17.2 Å². The maximum Gasteiger partial charge on any atom is 0.271 e. The summed E-state index contributed by atoms with van der Waals surface area (Å²) in [7, 11) is 0. The fourth-order valence-electron chi connectivity index (χ4n) is 2.66. The molecule has 8 heteroatoms. The lowest BCUT2D eigenvalue weighted by atomic mass is 10.2. The van der Waals surface area contributed by atoms with E-state index in [0.29, 0.717) is 5.02 Å². The molecule has 0 N–H and O–H groups in total. The number of hydrogen-bond acceptors (Lipinski definition) is 6. The normalized spacial score (nSPS) is 14.9. The first kappa shape index (κ1) is 15.5. The van der Waals surface area contributed by atoms with Crippen molar-refractivity contribution < 1.29 is 4.92 Å². The molecule has 7 nitrogen and oxygen atoms in total.